The summed E-state index contributed by atoms with van der Waals surface area (Å²) in [5.74, 6) is -3.79. The number of carbonyl (C=O) groups is 4. The molecule has 0 aliphatic rings. The van der Waals surface area contributed by atoms with Crippen LogP contribution in [0.1, 0.15) is 58.9 Å². The molecular weight excluding hydrogens is 422 g/mol. The molecule has 0 bridgehead atoms. The van der Waals surface area contributed by atoms with E-state index in [1.807, 2.05) is 0 Å². The molecule has 0 heterocycles. The Labute approximate surface area is 187 Å². The highest BCUT2D eigenvalue weighted by Crippen LogP contribution is 2.37. The molecule has 1 aromatic rings. The Morgan fingerprint density at radius 2 is 1.53 bits per heavy atom. The van der Waals surface area contributed by atoms with Crippen LogP contribution < -0.4 is 15.2 Å². The fourth-order valence-corrected chi connectivity index (χ4v) is 2.98. The lowest BCUT2D eigenvalue weighted by Gasteiger charge is -2.31. The van der Waals surface area contributed by atoms with Gasteiger partial charge in [0.15, 0.2) is 11.5 Å². The van der Waals surface area contributed by atoms with Crippen molar-refractivity contribution in [1.29, 1.82) is 0 Å². The Hall–Kier alpha value is -3.14. The SMILES string of the molecule is CCOC(=O)OC(C)C(C)C(c1ccc(OC(=O)CC)c(OC(=O)CC)c1)[C@H](N)C(=O)O. The van der Waals surface area contributed by atoms with Crippen molar-refractivity contribution in [3.05, 3.63) is 23.8 Å². The van der Waals surface area contributed by atoms with E-state index in [9.17, 15) is 24.3 Å². The number of aliphatic carboxylic acids is 1. The van der Waals surface area contributed by atoms with Gasteiger partial charge in [-0.15, -0.1) is 0 Å². The minimum atomic E-state index is -1.36. The molecule has 0 spiro atoms. The van der Waals surface area contributed by atoms with Crippen LogP contribution in [-0.2, 0) is 23.9 Å². The molecule has 178 valence electrons. The first kappa shape index (κ1) is 26.9. The number of carboxylic acid groups (broad SMARTS) is 1. The number of ether oxygens (including phenoxy) is 4. The number of carboxylic acids is 1. The molecule has 1 rings (SSSR count). The lowest BCUT2D eigenvalue weighted by molar-refractivity contribution is -0.140. The lowest BCUT2D eigenvalue weighted by Crippen LogP contribution is -2.42. The minimum Gasteiger partial charge on any atom is -0.480 e. The molecule has 0 amide bonds. The van der Waals surface area contributed by atoms with Crippen LogP contribution in [0.25, 0.3) is 0 Å². The topological polar surface area (TPSA) is 151 Å². The number of carbonyl (C=O) groups excluding carboxylic acids is 3. The summed E-state index contributed by atoms with van der Waals surface area (Å²) in [5.41, 5.74) is 6.38. The zero-order valence-corrected chi connectivity index (χ0v) is 19.0. The average molecular weight is 453 g/mol. The predicted molar refractivity (Wildman–Crippen MR) is 113 cm³/mol. The molecule has 10 heteroatoms. The fraction of sp³-hybridized carbons (Fsp3) is 0.545. The Morgan fingerprint density at radius 1 is 0.969 bits per heavy atom. The second-order valence-electron chi connectivity index (χ2n) is 7.12. The largest absolute Gasteiger partial charge is 0.508 e. The van der Waals surface area contributed by atoms with Gasteiger partial charge in [0.05, 0.1) is 6.61 Å². The van der Waals surface area contributed by atoms with E-state index in [4.69, 9.17) is 24.7 Å². The summed E-state index contributed by atoms with van der Waals surface area (Å²) < 4.78 is 20.5. The summed E-state index contributed by atoms with van der Waals surface area (Å²) in [6.07, 6.45) is -1.45. The van der Waals surface area contributed by atoms with Crippen LogP contribution in [0.15, 0.2) is 18.2 Å². The van der Waals surface area contributed by atoms with E-state index in [2.05, 4.69) is 0 Å². The maximum atomic E-state index is 11.9. The summed E-state index contributed by atoms with van der Waals surface area (Å²) in [6.45, 7) is 8.25. The molecular formula is C22H31NO9. The second kappa shape index (κ2) is 12.7. The van der Waals surface area contributed by atoms with Crippen LogP contribution in [0, 0.1) is 5.92 Å². The van der Waals surface area contributed by atoms with E-state index in [0.29, 0.717) is 5.56 Å². The van der Waals surface area contributed by atoms with E-state index in [1.165, 1.54) is 18.2 Å². The average Bonchev–Trinajstić information content (AvgIpc) is 2.74. The Bertz CT molecular complexity index is 824. The zero-order valence-electron chi connectivity index (χ0n) is 19.0. The maximum absolute atomic E-state index is 11.9. The molecule has 1 aromatic carbocycles. The van der Waals surface area contributed by atoms with E-state index in [1.54, 1.807) is 34.6 Å². The fourth-order valence-electron chi connectivity index (χ4n) is 2.98. The number of nitrogens with two attached hydrogens (primary N) is 1. The van der Waals surface area contributed by atoms with Gasteiger partial charge in [0.2, 0.25) is 0 Å². The highest BCUT2D eigenvalue weighted by Gasteiger charge is 2.36. The van der Waals surface area contributed by atoms with Gasteiger partial charge in [-0.3, -0.25) is 14.4 Å². The van der Waals surface area contributed by atoms with Crippen molar-refractivity contribution < 1.29 is 43.2 Å². The van der Waals surface area contributed by atoms with E-state index >= 15 is 0 Å². The van der Waals surface area contributed by atoms with Crippen LogP contribution in [0.3, 0.4) is 0 Å². The Kier molecular flexibility index (Phi) is 10.6. The van der Waals surface area contributed by atoms with Gasteiger partial charge in [-0.2, -0.15) is 0 Å². The molecule has 0 aliphatic carbocycles. The number of rotatable bonds is 11. The summed E-state index contributed by atoms with van der Waals surface area (Å²) >= 11 is 0. The number of esters is 2. The van der Waals surface area contributed by atoms with Crippen molar-refractivity contribution in [3.63, 3.8) is 0 Å². The normalized spacial score (nSPS) is 14.4. The van der Waals surface area contributed by atoms with Crippen LogP contribution in [0.4, 0.5) is 4.79 Å². The molecule has 0 aromatic heterocycles. The maximum Gasteiger partial charge on any atom is 0.508 e. The Balaban J connectivity index is 3.40. The van der Waals surface area contributed by atoms with Crippen molar-refractivity contribution >= 4 is 24.1 Å². The standard InChI is InChI=1S/C22H31NO9/c1-6-17(24)31-15-10-9-14(11-16(15)32-18(25)7-2)19(20(23)21(26)27)12(4)13(5)30-22(28)29-8-3/h9-13,19-20H,6-8,23H2,1-5H3,(H,26,27)/t12?,13?,19?,20-/m0/s1. The molecule has 0 aliphatic heterocycles. The smallest absolute Gasteiger partial charge is 0.480 e. The van der Waals surface area contributed by atoms with Gasteiger partial charge in [0.25, 0.3) is 0 Å². The molecule has 3 unspecified atom stereocenters. The van der Waals surface area contributed by atoms with Gasteiger partial charge in [-0.25, -0.2) is 4.79 Å². The van der Waals surface area contributed by atoms with E-state index in [-0.39, 0.29) is 30.9 Å². The monoisotopic (exact) mass is 453 g/mol. The molecule has 0 fully saturated rings. The van der Waals surface area contributed by atoms with Crippen LogP contribution in [0.2, 0.25) is 0 Å². The molecule has 0 radical (unpaired) electrons. The van der Waals surface area contributed by atoms with Crippen molar-refractivity contribution in [2.24, 2.45) is 11.7 Å². The predicted octanol–water partition coefficient (Wildman–Crippen LogP) is 3.01. The molecule has 4 atom stereocenters. The van der Waals surface area contributed by atoms with Gasteiger partial charge >= 0.3 is 24.1 Å². The van der Waals surface area contributed by atoms with Crippen LogP contribution >= 0.6 is 0 Å². The van der Waals surface area contributed by atoms with Gasteiger partial charge in [0.1, 0.15) is 12.1 Å². The van der Waals surface area contributed by atoms with Crippen LogP contribution in [-0.4, -0.2) is 47.9 Å². The van der Waals surface area contributed by atoms with Crippen molar-refractivity contribution in [2.75, 3.05) is 6.61 Å². The third kappa shape index (κ3) is 7.52. The van der Waals surface area contributed by atoms with Crippen molar-refractivity contribution in [1.82, 2.24) is 0 Å². The molecule has 32 heavy (non-hydrogen) atoms. The minimum absolute atomic E-state index is 0.0218. The first-order valence-corrected chi connectivity index (χ1v) is 10.4. The van der Waals surface area contributed by atoms with Gasteiger partial charge < -0.3 is 29.8 Å². The summed E-state index contributed by atoms with van der Waals surface area (Å²) in [6, 6.07) is 2.99. The number of hydrogen-bond acceptors (Lipinski definition) is 9. The van der Waals surface area contributed by atoms with Crippen molar-refractivity contribution in [3.8, 4) is 11.5 Å². The lowest BCUT2D eigenvalue weighted by atomic mass is 9.79. The summed E-state index contributed by atoms with van der Waals surface area (Å²) in [4.78, 5) is 47.0. The number of benzene rings is 1. The van der Waals surface area contributed by atoms with Gasteiger partial charge in [0, 0.05) is 24.7 Å². The van der Waals surface area contributed by atoms with E-state index in [0.717, 1.165) is 0 Å². The quantitative estimate of drug-likeness (QED) is 0.378. The summed E-state index contributed by atoms with van der Waals surface area (Å²) in [7, 11) is 0. The van der Waals surface area contributed by atoms with E-state index < -0.39 is 48.0 Å². The molecule has 3 N–H and O–H groups in total. The van der Waals surface area contributed by atoms with Crippen LogP contribution in [0.5, 0.6) is 11.5 Å². The zero-order chi connectivity index (χ0) is 24.4. The third-order valence-corrected chi connectivity index (χ3v) is 4.90. The molecule has 0 saturated heterocycles. The molecule has 10 nitrogen and oxygen atoms in total. The van der Waals surface area contributed by atoms with Crippen molar-refractivity contribution in [2.45, 2.75) is 65.5 Å². The first-order valence-electron chi connectivity index (χ1n) is 10.4. The first-order chi connectivity index (χ1) is 15.0. The number of hydrogen-bond donors (Lipinski definition) is 2. The van der Waals surface area contributed by atoms with Gasteiger partial charge in [-0.1, -0.05) is 26.8 Å². The highest BCUT2D eigenvalue weighted by molar-refractivity contribution is 5.77. The third-order valence-electron chi connectivity index (χ3n) is 4.90. The second-order valence-corrected chi connectivity index (χ2v) is 7.12. The molecule has 0 saturated carbocycles. The highest BCUT2D eigenvalue weighted by atomic mass is 16.7. The van der Waals surface area contributed by atoms with Gasteiger partial charge in [-0.05, 0) is 31.5 Å². The summed E-state index contributed by atoms with van der Waals surface area (Å²) in [5, 5.41) is 9.56. The Morgan fingerprint density at radius 3 is 2.03 bits per heavy atom.